The molecule has 138 valence electrons. The molecule has 0 spiro atoms. The van der Waals surface area contributed by atoms with E-state index >= 15 is 0 Å². The zero-order valence-corrected chi connectivity index (χ0v) is 16.8. The van der Waals surface area contributed by atoms with Crippen molar-refractivity contribution < 1.29 is 9.90 Å². The highest BCUT2D eigenvalue weighted by Gasteiger charge is 2.29. The lowest BCUT2D eigenvalue weighted by Crippen LogP contribution is -2.44. The van der Waals surface area contributed by atoms with Crippen molar-refractivity contribution in [2.45, 2.75) is 58.6 Å². The first-order chi connectivity index (χ1) is 12.0. The van der Waals surface area contributed by atoms with E-state index in [0.29, 0.717) is 6.42 Å². The van der Waals surface area contributed by atoms with Gasteiger partial charge in [-0.05, 0) is 52.5 Å². The summed E-state index contributed by atoms with van der Waals surface area (Å²) in [6, 6.07) is 2.15. The molecule has 0 aliphatic carbocycles. The van der Waals surface area contributed by atoms with Crippen LogP contribution in [-0.2, 0) is 0 Å². The topological polar surface area (TPSA) is 56.7 Å². The number of carbonyl (C=O) groups is 1. The number of carbonyl (C=O) groups excluding carboxylic acids is 1. The summed E-state index contributed by atoms with van der Waals surface area (Å²) in [5.74, 6) is 0.102. The molecule has 1 amide bonds. The van der Waals surface area contributed by atoms with E-state index in [1.54, 1.807) is 18.3 Å². The SMILES string of the molecule is CCN(CC)c1nc2sc(C(=O)N3CCCCC3CC(C)O)cc2s1. The van der Waals surface area contributed by atoms with Gasteiger partial charge in [-0.25, -0.2) is 4.98 Å². The van der Waals surface area contributed by atoms with Gasteiger partial charge in [0.15, 0.2) is 5.13 Å². The second-order valence-corrected chi connectivity index (χ2v) is 8.72. The molecule has 2 atom stereocenters. The van der Waals surface area contributed by atoms with Crippen LogP contribution in [-0.4, -0.2) is 52.7 Å². The number of aromatic nitrogens is 1. The number of rotatable bonds is 6. The maximum Gasteiger partial charge on any atom is 0.264 e. The van der Waals surface area contributed by atoms with Crippen LogP contribution in [0.3, 0.4) is 0 Å². The van der Waals surface area contributed by atoms with Gasteiger partial charge < -0.3 is 14.9 Å². The second kappa shape index (κ2) is 8.01. The minimum atomic E-state index is -0.372. The predicted molar refractivity (Wildman–Crippen MR) is 106 cm³/mol. The van der Waals surface area contributed by atoms with E-state index in [9.17, 15) is 9.90 Å². The van der Waals surface area contributed by atoms with E-state index < -0.39 is 0 Å². The number of aliphatic hydroxyl groups excluding tert-OH is 1. The van der Waals surface area contributed by atoms with Crippen LogP contribution in [0.2, 0.25) is 0 Å². The van der Waals surface area contributed by atoms with Gasteiger partial charge in [-0.2, -0.15) is 0 Å². The number of hydrogen-bond donors (Lipinski definition) is 1. The van der Waals surface area contributed by atoms with Crippen molar-refractivity contribution in [3.8, 4) is 0 Å². The predicted octanol–water partition coefficient (Wildman–Crippen LogP) is 3.97. The van der Waals surface area contributed by atoms with Crippen LogP contribution in [0.15, 0.2) is 6.07 Å². The van der Waals surface area contributed by atoms with Crippen LogP contribution in [0.5, 0.6) is 0 Å². The van der Waals surface area contributed by atoms with E-state index in [0.717, 1.165) is 58.4 Å². The van der Waals surface area contributed by atoms with E-state index in [1.807, 2.05) is 11.0 Å². The molecule has 1 N–H and O–H groups in total. The molecule has 0 saturated carbocycles. The lowest BCUT2D eigenvalue weighted by molar-refractivity contribution is 0.0519. The quantitative estimate of drug-likeness (QED) is 0.823. The summed E-state index contributed by atoms with van der Waals surface area (Å²) in [5.41, 5.74) is 0. The number of piperidine rings is 1. The second-order valence-electron chi connectivity index (χ2n) is 6.68. The smallest absolute Gasteiger partial charge is 0.264 e. The Kier molecular flexibility index (Phi) is 5.96. The molecule has 2 aromatic heterocycles. The fourth-order valence-electron chi connectivity index (χ4n) is 3.51. The van der Waals surface area contributed by atoms with Gasteiger partial charge in [0.25, 0.3) is 5.91 Å². The van der Waals surface area contributed by atoms with Gasteiger partial charge in [0.2, 0.25) is 0 Å². The summed E-state index contributed by atoms with van der Waals surface area (Å²) in [4.78, 5) is 23.7. The number of likely N-dealkylation sites (tertiary alicyclic amines) is 1. The largest absolute Gasteiger partial charge is 0.393 e. The van der Waals surface area contributed by atoms with Crippen LogP contribution < -0.4 is 4.90 Å². The number of aliphatic hydroxyl groups is 1. The molecule has 7 heteroatoms. The third kappa shape index (κ3) is 3.99. The Hall–Kier alpha value is -1.18. The van der Waals surface area contributed by atoms with Crippen LogP contribution in [0.1, 0.15) is 56.1 Å². The highest BCUT2D eigenvalue weighted by Crippen LogP contribution is 2.36. The molecular formula is C18H27N3O2S2. The molecule has 1 saturated heterocycles. The van der Waals surface area contributed by atoms with E-state index in [2.05, 4.69) is 18.7 Å². The first-order valence-corrected chi connectivity index (χ1v) is 10.8. The van der Waals surface area contributed by atoms with Gasteiger partial charge in [-0.1, -0.05) is 11.3 Å². The summed E-state index contributed by atoms with van der Waals surface area (Å²) in [6.07, 6.45) is 3.46. The van der Waals surface area contributed by atoms with Crippen molar-refractivity contribution >= 4 is 43.2 Å². The molecule has 1 fully saturated rings. The third-order valence-electron chi connectivity index (χ3n) is 4.82. The first-order valence-electron chi connectivity index (χ1n) is 9.17. The molecule has 1 aliphatic rings. The Labute approximate surface area is 157 Å². The van der Waals surface area contributed by atoms with Crippen LogP contribution in [0.4, 0.5) is 5.13 Å². The van der Waals surface area contributed by atoms with Gasteiger partial charge >= 0.3 is 0 Å². The summed E-state index contributed by atoms with van der Waals surface area (Å²) in [5, 5.41) is 10.8. The van der Waals surface area contributed by atoms with Gasteiger partial charge in [0.05, 0.1) is 15.7 Å². The average Bonchev–Trinajstić information content (AvgIpc) is 3.14. The normalized spacial score (nSPS) is 19.4. The zero-order valence-electron chi connectivity index (χ0n) is 15.2. The maximum atomic E-state index is 13.0. The Morgan fingerprint density at radius 3 is 2.80 bits per heavy atom. The third-order valence-corrected chi connectivity index (χ3v) is 7.03. The monoisotopic (exact) mass is 381 g/mol. The number of hydrogen-bond acceptors (Lipinski definition) is 6. The number of nitrogens with zero attached hydrogens (tertiary/aromatic N) is 3. The van der Waals surface area contributed by atoms with Gasteiger partial charge in [0, 0.05) is 25.7 Å². The highest BCUT2D eigenvalue weighted by atomic mass is 32.1. The average molecular weight is 382 g/mol. The van der Waals surface area contributed by atoms with Gasteiger partial charge in [-0.15, -0.1) is 11.3 Å². The van der Waals surface area contributed by atoms with Crippen molar-refractivity contribution in [2.24, 2.45) is 0 Å². The number of thiazole rings is 1. The highest BCUT2D eigenvalue weighted by molar-refractivity contribution is 7.29. The first kappa shape index (κ1) is 18.6. The maximum absolute atomic E-state index is 13.0. The number of thiophene rings is 1. The molecule has 0 radical (unpaired) electrons. The lowest BCUT2D eigenvalue weighted by Gasteiger charge is -2.36. The van der Waals surface area contributed by atoms with Crippen LogP contribution >= 0.6 is 22.7 Å². The van der Waals surface area contributed by atoms with Gasteiger partial charge in [0.1, 0.15) is 4.83 Å². The minimum Gasteiger partial charge on any atom is -0.393 e. The molecule has 0 bridgehead atoms. The summed E-state index contributed by atoms with van der Waals surface area (Å²) >= 11 is 3.16. The summed E-state index contributed by atoms with van der Waals surface area (Å²) < 4.78 is 1.10. The molecule has 2 unspecified atom stereocenters. The summed E-state index contributed by atoms with van der Waals surface area (Å²) in [6.45, 7) is 8.74. The molecule has 3 rings (SSSR count). The Morgan fingerprint density at radius 1 is 1.40 bits per heavy atom. The number of amides is 1. The molecule has 0 aromatic carbocycles. The van der Waals surface area contributed by atoms with Crippen molar-refractivity contribution in [2.75, 3.05) is 24.5 Å². The van der Waals surface area contributed by atoms with Gasteiger partial charge in [-0.3, -0.25) is 4.79 Å². The number of anilines is 1. The van der Waals surface area contributed by atoms with Crippen molar-refractivity contribution in [3.05, 3.63) is 10.9 Å². The van der Waals surface area contributed by atoms with E-state index in [1.165, 1.54) is 11.3 Å². The Balaban J connectivity index is 1.80. The summed E-state index contributed by atoms with van der Waals surface area (Å²) in [7, 11) is 0. The van der Waals surface area contributed by atoms with E-state index in [4.69, 9.17) is 4.98 Å². The van der Waals surface area contributed by atoms with Crippen molar-refractivity contribution in [1.82, 2.24) is 9.88 Å². The molecule has 2 aromatic rings. The van der Waals surface area contributed by atoms with Crippen LogP contribution in [0, 0.1) is 0 Å². The Bertz CT molecular complexity index is 690. The van der Waals surface area contributed by atoms with Crippen molar-refractivity contribution in [3.63, 3.8) is 0 Å². The minimum absolute atomic E-state index is 0.102. The number of fused-ring (bicyclic) bond motifs is 1. The van der Waals surface area contributed by atoms with E-state index in [-0.39, 0.29) is 18.1 Å². The fourth-order valence-corrected chi connectivity index (χ4v) is 5.80. The standard InChI is InChI=1S/C18H27N3O2S2/c1-4-20(5-2)18-19-16-14(25-18)11-15(24-16)17(23)21-9-7-6-8-13(21)10-12(3)22/h11-13,22H,4-10H2,1-3H3. The molecule has 1 aliphatic heterocycles. The zero-order chi connectivity index (χ0) is 18.0. The fraction of sp³-hybridized carbons (Fsp3) is 0.667. The molecule has 25 heavy (non-hydrogen) atoms. The van der Waals surface area contributed by atoms with Crippen molar-refractivity contribution in [1.29, 1.82) is 0 Å². The van der Waals surface area contributed by atoms with Crippen LogP contribution in [0.25, 0.3) is 9.53 Å². The molecular weight excluding hydrogens is 354 g/mol. The Morgan fingerprint density at radius 2 is 2.16 bits per heavy atom. The molecule has 5 nitrogen and oxygen atoms in total. The molecule has 3 heterocycles. The lowest BCUT2D eigenvalue weighted by atomic mass is 9.97.